The Balaban J connectivity index is 2.02. The number of nitro benzene ring substituents is 1. The topological polar surface area (TPSA) is 119 Å². The number of rotatable bonds is 4. The lowest BCUT2D eigenvalue weighted by Gasteiger charge is -2.11. The standard InChI is InChI=1S/C12H11FN2O6/c13-7-5-6(1-2-8(7)15(19)20)14-11(16)9-3-4-10(21-9)12(17)18/h1-2,5,9-10H,3-4H2,(H,14,16)(H,17,18)/t9-,10+/m0/s1. The van der Waals surface area contributed by atoms with Gasteiger partial charge in [0.2, 0.25) is 5.82 Å². The molecule has 1 aliphatic rings. The number of carboxylic acid groups (broad SMARTS) is 1. The lowest BCUT2D eigenvalue weighted by molar-refractivity contribution is -0.387. The Labute approximate surface area is 117 Å². The predicted molar refractivity (Wildman–Crippen MR) is 67.2 cm³/mol. The van der Waals surface area contributed by atoms with Crippen LogP contribution in [0.5, 0.6) is 0 Å². The maximum absolute atomic E-state index is 13.4. The van der Waals surface area contributed by atoms with Crippen LogP contribution in [0, 0.1) is 15.9 Å². The molecule has 9 heteroatoms. The van der Waals surface area contributed by atoms with Crippen molar-refractivity contribution >= 4 is 23.3 Å². The average molecular weight is 298 g/mol. The molecule has 2 atom stereocenters. The van der Waals surface area contributed by atoms with Crippen molar-refractivity contribution in [3.8, 4) is 0 Å². The fourth-order valence-corrected chi connectivity index (χ4v) is 1.97. The van der Waals surface area contributed by atoms with E-state index >= 15 is 0 Å². The van der Waals surface area contributed by atoms with E-state index in [2.05, 4.69) is 5.32 Å². The first-order chi connectivity index (χ1) is 9.88. The zero-order valence-corrected chi connectivity index (χ0v) is 10.6. The molecule has 2 rings (SSSR count). The van der Waals surface area contributed by atoms with Crippen molar-refractivity contribution in [1.29, 1.82) is 0 Å². The lowest BCUT2D eigenvalue weighted by Crippen LogP contribution is -2.29. The zero-order chi connectivity index (χ0) is 15.6. The molecule has 1 saturated heterocycles. The summed E-state index contributed by atoms with van der Waals surface area (Å²) in [5.41, 5.74) is -0.665. The summed E-state index contributed by atoms with van der Waals surface area (Å²) in [6.45, 7) is 0. The van der Waals surface area contributed by atoms with Crippen LogP contribution in [0.15, 0.2) is 18.2 Å². The van der Waals surface area contributed by atoms with Gasteiger partial charge in [0.1, 0.15) is 6.10 Å². The number of benzene rings is 1. The van der Waals surface area contributed by atoms with Gasteiger partial charge < -0.3 is 15.2 Å². The number of aliphatic carboxylic acids is 1. The monoisotopic (exact) mass is 298 g/mol. The van der Waals surface area contributed by atoms with E-state index in [1.807, 2.05) is 0 Å². The molecule has 1 fully saturated rings. The molecule has 1 heterocycles. The van der Waals surface area contributed by atoms with Crippen LogP contribution in [0.25, 0.3) is 0 Å². The van der Waals surface area contributed by atoms with Gasteiger partial charge >= 0.3 is 11.7 Å². The number of anilines is 1. The molecule has 0 aromatic heterocycles. The number of carbonyl (C=O) groups is 2. The Morgan fingerprint density at radius 3 is 2.57 bits per heavy atom. The summed E-state index contributed by atoms with van der Waals surface area (Å²) < 4.78 is 18.4. The molecule has 112 valence electrons. The Bertz CT molecular complexity index is 605. The second-order valence-corrected chi connectivity index (χ2v) is 4.44. The number of hydrogen-bond acceptors (Lipinski definition) is 5. The number of hydrogen-bond donors (Lipinski definition) is 2. The minimum absolute atomic E-state index is 0.0328. The van der Waals surface area contributed by atoms with Crippen molar-refractivity contribution in [3.63, 3.8) is 0 Å². The molecule has 1 amide bonds. The molecule has 21 heavy (non-hydrogen) atoms. The highest BCUT2D eigenvalue weighted by molar-refractivity contribution is 5.94. The summed E-state index contributed by atoms with van der Waals surface area (Å²) in [6, 6.07) is 2.93. The van der Waals surface area contributed by atoms with Crippen LogP contribution >= 0.6 is 0 Å². The second kappa shape index (κ2) is 5.83. The molecule has 0 bridgehead atoms. The normalized spacial score (nSPS) is 21.0. The minimum atomic E-state index is -1.15. The predicted octanol–water partition coefficient (Wildman–Crippen LogP) is 1.30. The molecule has 1 aromatic rings. The molecule has 0 aliphatic carbocycles. The van der Waals surface area contributed by atoms with E-state index in [1.165, 1.54) is 6.07 Å². The molecule has 1 aromatic carbocycles. The number of nitro groups is 1. The van der Waals surface area contributed by atoms with Crippen molar-refractivity contribution in [1.82, 2.24) is 0 Å². The van der Waals surface area contributed by atoms with Crippen molar-refractivity contribution in [3.05, 3.63) is 34.1 Å². The van der Waals surface area contributed by atoms with E-state index in [4.69, 9.17) is 9.84 Å². The summed E-state index contributed by atoms with van der Waals surface area (Å²) in [4.78, 5) is 32.1. The summed E-state index contributed by atoms with van der Waals surface area (Å²) in [5, 5.41) is 21.5. The van der Waals surface area contributed by atoms with Crippen LogP contribution < -0.4 is 5.32 Å². The van der Waals surface area contributed by atoms with Gasteiger partial charge in [-0.25, -0.2) is 4.79 Å². The second-order valence-electron chi connectivity index (χ2n) is 4.44. The minimum Gasteiger partial charge on any atom is -0.479 e. The fraction of sp³-hybridized carbons (Fsp3) is 0.333. The molecule has 1 aliphatic heterocycles. The van der Waals surface area contributed by atoms with Gasteiger partial charge in [0.25, 0.3) is 5.91 Å². The van der Waals surface area contributed by atoms with E-state index < -0.39 is 40.5 Å². The fourth-order valence-electron chi connectivity index (χ4n) is 1.97. The molecular weight excluding hydrogens is 287 g/mol. The highest BCUT2D eigenvalue weighted by atomic mass is 19.1. The average Bonchev–Trinajstić information content (AvgIpc) is 2.88. The Hall–Kier alpha value is -2.55. The first-order valence-corrected chi connectivity index (χ1v) is 6.01. The highest BCUT2D eigenvalue weighted by Gasteiger charge is 2.34. The largest absolute Gasteiger partial charge is 0.479 e. The molecule has 0 saturated carbocycles. The molecule has 0 spiro atoms. The molecule has 0 radical (unpaired) electrons. The Morgan fingerprint density at radius 1 is 1.38 bits per heavy atom. The quantitative estimate of drug-likeness (QED) is 0.639. The third-order valence-electron chi connectivity index (χ3n) is 3.00. The first kappa shape index (κ1) is 14.9. The number of amides is 1. The van der Waals surface area contributed by atoms with E-state index in [1.54, 1.807) is 0 Å². The van der Waals surface area contributed by atoms with Gasteiger partial charge in [-0.05, 0) is 18.9 Å². The van der Waals surface area contributed by atoms with E-state index in [-0.39, 0.29) is 18.5 Å². The lowest BCUT2D eigenvalue weighted by atomic mass is 10.2. The summed E-state index contributed by atoms with van der Waals surface area (Å²) in [6.07, 6.45) is -1.53. The molecule has 0 unspecified atom stereocenters. The smallest absolute Gasteiger partial charge is 0.332 e. The van der Waals surface area contributed by atoms with Gasteiger partial charge in [-0.1, -0.05) is 0 Å². The molecule has 2 N–H and O–H groups in total. The maximum atomic E-state index is 13.4. The van der Waals surface area contributed by atoms with Gasteiger partial charge in [-0.2, -0.15) is 4.39 Å². The number of halogens is 1. The maximum Gasteiger partial charge on any atom is 0.332 e. The Morgan fingerprint density at radius 2 is 2.05 bits per heavy atom. The van der Waals surface area contributed by atoms with Crippen molar-refractivity contribution < 1.29 is 28.7 Å². The van der Waals surface area contributed by atoms with Crippen LogP contribution in [0.4, 0.5) is 15.8 Å². The van der Waals surface area contributed by atoms with Crippen LogP contribution in [-0.4, -0.2) is 34.1 Å². The zero-order valence-electron chi connectivity index (χ0n) is 10.6. The third kappa shape index (κ3) is 3.31. The van der Waals surface area contributed by atoms with Gasteiger partial charge in [0, 0.05) is 17.8 Å². The van der Waals surface area contributed by atoms with E-state index in [9.17, 15) is 24.1 Å². The van der Waals surface area contributed by atoms with Gasteiger partial charge in [0.05, 0.1) is 4.92 Å². The number of nitrogens with zero attached hydrogens (tertiary/aromatic N) is 1. The first-order valence-electron chi connectivity index (χ1n) is 6.01. The van der Waals surface area contributed by atoms with Crippen LogP contribution in [0.3, 0.4) is 0 Å². The van der Waals surface area contributed by atoms with Crippen LogP contribution in [0.1, 0.15) is 12.8 Å². The van der Waals surface area contributed by atoms with E-state index in [0.29, 0.717) is 0 Å². The van der Waals surface area contributed by atoms with Crippen LogP contribution in [0.2, 0.25) is 0 Å². The number of ether oxygens (including phenoxy) is 1. The summed E-state index contributed by atoms with van der Waals surface area (Å²) in [5.74, 6) is -2.84. The molecule has 8 nitrogen and oxygen atoms in total. The van der Waals surface area contributed by atoms with Gasteiger partial charge in [-0.15, -0.1) is 0 Å². The van der Waals surface area contributed by atoms with Crippen LogP contribution in [-0.2, 0) is 14.3 Å². The highest BCUT2D eigenvalue weighted by Crippen LogP contribution is 2.24. The summed E-state index contributed by atoms with van der Waals surface area (Å²) >= 11 is 0. The molecular formula is C12H11FN2O6. The van der Waals surface area contributed by atoms with Gasteiger partial charge in [-0.3, -0.25) is 14.9 Å². The Kier molecular flexibility index (Phi) is 4.13. The summed E-state index contributed by atoms with van der Waals surface area (Å²) in [7, 11) is 0. The third-order valence-corrected chi connectivity index (χ3v) is 3.00. The number of nitrogens with one attached hydrogen (secondary N) is 1. The van der Waals surface area contributed by atoms with E-state index in [0.717, 1.165) is 12.1 Å². The van der Waals surface area contributed by atoms with Gasteiger partial charge in [0.15, 0.2) is 6.10 Å². The van der Waals surface area contributed by atoms with Crippen molar-refractivity contribution in [2.45, 2.75) is 25.0 Å². The van der Waals surface area contributed by atoms with Crippen molar-refractivity contribution in [2.24, 2.45) is 0 Å². The SMILES string of the molecule is O=C(Nc1ccc([N+](=O)[O-])c(F)c1)[C@@H]1CC[C@H](C(=O)O)O1. The van der Waals surface area contributed by atoms with Crippen molar-refractivity contribution in [2.75, 3.05) is 5.32 Å². The number of carboxylic acids is 1. The number of carbonyl (C=O) groups excluding carboxylic acids is 1.